The lowest BCUT2D eigenvalue weighted by Crippen LogP contribution is -1.99. The Labute approximate surface area is 208 Å². The number of carbonyl (C=O) groups excluding carboxylic acids is 1. The maximum absolute atomic E-state index is 10.8. The molecule has 0 atom stereocenters. The molecule has 35 heavy (non-hydrogen) atoms. The minimum absolute atomic E-state index is 0.291. The van der Waals surface area contributed by atoms with Gasteiger partial charge in [0.1, 0.15) is 17.2 Å². The van der Waals surface area contributed by atoms with Crippen LogP contribution in [0.4, 0.5) is 0 Å². The lowest BCUT2D eigenvalue weighted by atomic mass is 10.2. The van der Waals surface area contributed by atoms with Crippen LogP contribution >= 0.6 is 0 Å². The van der Waals surface area contributed by atoms with Crippen LogP contribution in [-0.4, -0.2) is 33.9 Å². The van der Waals surface area contributed by atoms with Gasteiger partial charge in [0.2, 0.25) is 0 Å². The molecule has 0 radical (unpaired) electrons. The minimum Gasteiger partial charge on any atom is -0.497 e. The van der Waals surface area contributed by atoms with Gasteiger partial charge in [-0.25, -0.2) is 4.79 Å². The molecule has 4 aromatic carbocycles. The second-order valence-corrected chi connectivity index (χ2v) is 6.64. The summed E-state index contributed by atoms with van der Waals surface area (Å²) in [7, 11) is 4.69. The molecule has 0 saturated carbocycles. The van der Waals surface area contributed by atoms with Crippen LogP contribution < -0.4 is 14.2 Å². The van der Waals surface area contributed by atoms with Crippen LogP contribution in [0.2, 0.25) is 0 Å². The van der Waals surface area contributed by atoms with E-state index in [2.05, 4.69) is 4.74 Å². The highest BCUT2D eigenvalue weighted by atomic mass is 16.5. The molecule has 0 saturated heterocycles. The summed E-state index contributed by atoms with van der Waals surface area (Å²) in [4.78, 5) is 10.8. The summed E-state index contributed by atoms with van der Waals surface area (Å²) in [6.45, 7) is 2.72. The zero-order chi connectivity index (χ0) is 25.6. The van der Waals surface area contributed by atoms with E-state index in [1.807, 2.05) is 104 Å². The first-order chi connectivity index (χ1) is 17.1. The van der Waals surface area contributed by atoms with Crippen molar-refractivity contribution in [1.82, 2.24) is 0 Å². The lowest BCUT2D eigenvalue weighted by Gasteiger charge is -1.99. The van der Waals surface area contributed by atoms with Crippen molar-refractivity contribution in [3.05, 3.63) is 127 Å². The average Bonchev–Trinajstić information content (AvgIpc) is 2.96. The normalized spacial score (nSPS) is 8.80. The summed E-state index contributed by atoms with van der Waals surface area (Å²) in [5.74, 6) is 2.47. The first-order valence-corrected chi connectivity index (χ1v) is 11.1. The molecule has 184 valence electrons. The summed E-state index contributed by atoms with van der Waals surface area (Å²) >= 11 is 0. The first-order valence-electron chi connectivity index (χ1n) is 11.1. The van der Waals surface area contributed by atoms with Gasteiger partial charge in [0.15, 0.2) is 0 Å². The monoisotopic (exact) mass is 474 g/mol. The lowest BCUT2D eigenvalue weighted by molar-refractivity contribution is 0.0600. The standard InChI is InChI=1S/C8H8O2.C8H10O.2C7H8O/c1-10-8(9)7-5-3-2-4-6-7;1-2-9-8-6-4-3-5-7-8;2*1-8-7-5-3-2-4-6-7/h2-6H,1H3;3-7H,2H2,1H3;2*2-6H,1H3. The molecule has 0 aliphatic rings. The van der Waals surface area contributed by atoms with Crippen LogP contribution in [0, 0.1) is 0 Å². The van der Waals surface area contributed by atoms with Gasteiger partial charge in [-0.15, -0.1) is 0 Å². The number of rotatable bonds is 5. The molecule has 0 aliphatic heterocycles. The molecule has 0 fully saturated rings. The molecule has 0 heterocycles. The fourth-order valence-electron chi connectivity index (χ4n) is 2.49. The fraction of sp³-hybridized carbons (Fsp3) is 0.167. The second kappa shape index (κ2) is 19.2. The third-order valence-corrected chi connectivity index (χ3v) is 4.21. The van der Waals surface area contributed by atoms with Gasteiger partial charge in [-0.1, -0.05) is 72.8 Å². The van der Waals surface area contributed by atoms with Crippen LogP contribution in [0.5, 0.6) is 17.2 Å². The SMILES string of the molecule is CCOc1ccccc1.COC(=O)c1ccccc1.COc1ccccc1.COc1ccccc1. The zero-order valence-electron chi connectivity index (χ0n) is 20.8. The van der Waals surface area contributed by atoms with Crippen molar-refractivity contribution in [1.29, 1.82) is 0 Å². The molecule has 5 nitrogen and oxygen atoms in total. The van der Waals surface area contributed by atoms with Crippen LogP contribution in [-0.2, 0) is 4.74 Å². The Hall–Kier alpha value is -4.25. The number of hydrogen-bond donors (Lipinski definition) is 0. The van der Waals surface area contributed by atoms with Crippen molar-refractivity contribution >= 4 is 5.97 Å². The number of para-hydroxylation sites is 3. The summed E-state index contributed by atoms with van der Waals surface area (Å²) in [6.07, 6.45) is 0. The predicted molar refractivity (Wildman–Crippen MR) is 141 cm³/mol. The number of carbonyl (C=O) groups is 1. The van der Waals surface area contributed by atoms with Crippen molar-refractivity contribution in [2.45, 2.75) is 6.92 Å². The molecular weight excluding hydrogens is 440 g/mol. The number of esters is 1. The predicted octanol–water partition coefficient (Wildman–Crippen LogP) is 6.95. The van der Waals surface area contributed by atoms with Gasteiger partial charge in [0.05, 0.1) is 33.5 Å². The van der Waals surface area contributed by atoms with Crippen LogP contribution in [0.25, 0.3) is 0 Å². The second-order valence-electron chi connectivity index (χ2n) is 6.64. The summed E-state index contributed by atoms with van der Waals surface area (Å²) in [5, 5.41) is 0. The molecule has 0 aromatic heterocycles. The van der Waals surface area contributed by atoms with E-state index in [4.69, 9.17) is 14.2 Å². The number of benzene rings is 4. The quantitative estimate of drug-likeness (QED) is 0.293. The number of hydrogen-bond acceptors (Lipinski definition) is 5. The molecule has 0 aliphatic carbocycles. The third kappa shape index (κ3) is 13.8. The molecule has 0 unspecified atom stereocenters. The Morgan fingerprint density at radius 1 is 0.543 bits per heavy atom. The topological polar surface area (TPSA) is 54.0 Å². The molecule has 4 rings (SSSR count). The van der Waals surface area contributed by atoms with E-state index in [-0.39, 0.29) is 5.97 Å². The van der Waals surface area contributed by atoms with Crippen molar-refractivity contribution in [3.8, 4) is 17.2 Å². The maximum Gasteiger partial charge on any atom is 0.337 e. The Bertz CT molecular complexity index is 968. The Morgan fingerprint density at radius 2 is 0.886 bits per heavy atom. The van der Waals surface area contributed by atoms with E-state index >= 15 is 0 Å². The van der Waals surface area contributed by atoms with E-state index in [1.165, 1.54) is 7.11 Å². The Morgan fingerprint density at radius 3 is 1.17 bits per heavy atom. The third-order valence-electron chi connectivity index (χ3n) is 4.21. The van der Waals surface area contributed by atoms with E-state index in [9.17, 15) is 4.79 Å². The van der Waals surface area contributed by atoms with Crippen LogP contribution in [0.15, 0.2) is 121 Å². The summed E-state index contributed by atoms with van der Waals surface area (Å²) in [5.41, 5.74) is 0.588. The molecule has 0 bridgehead atoms. The number of ether oxygens (including phenoxy) is 4. The van der Waals surface area contributed by atoms with Crippen LogP contribution in [0.3, 0.4) is 0 Å². The Balaban J connectivity index is 0.000000234. The average molecular weight is 475 g/mol. The molecule has 4 aromatic rings. The highest BCUT2D eigenvalue weighted by molar-refractivity contribution is 5.89. The maximum atomic E-state index is 10.8. The smallest absolute Gasteiger partial charge is 0.337 e. The van der Waals surface area contributed by atoms with Crippen molar-refractivity contribution in [2.75, 3.05) is 27.9 Å². The zero-order valence-corrected chi connectivity index (χ0v) is 20.8. The largest absolute Gasteiger partial charge is 0.497 e. The van der Waals surface area contributed by atoms with Crippen LogP contribution in [0.1, 0.15) is 17.3 Å². The Kier molecular flexibility index (Phi) is 15.8. The van der Waals surface area contributed by atoms with Crippen molar-refractivity contribution in [2.24, 2.45) is 0 Å². The van der Waals surface area contributed by atoms with E-state index in [1.54, 1.807) is 38.5 Å². The van der Waals surface area contributed by atoms with Gasteiger partial charge in [-0.3, -0.25) is 0 Å². The van der Waals surface area contributed by atoms with E-state index in [0.717, 1.165) is 23.9 Å². The summed E-state index contributed by atoms with van der Waals surface area (Å²) < 4.78 is 19.5. The highest BCUT2D eigenvalue weighted by Crippen LogP contribution is 2.07. The molecule has 0 N–H and O–H groups in total. The van der Waals surface area contributed by atoms with E-state index < -0.39 is 0 Å². The van der Waals surface area contributed by atoms with Gasteiger partial charge in [-0.2, -0.15) is 0 Å². The minimum atomic E-state index is -0.291. The van der Waals surface area contributed by atoms with E-state index in [0.29, 0.717) is 5.56 Å². The van der Waals surface area contributed by atoms with Crippen molar-refractivity contribution in [3.63, 3.8) is 0 Å². The van der Waals surface area contributed by atoms with Gasteiger partial charge in [-0.05, 0) is 55.5 Å². The number of methoxy groups -OCH3 is 3. The first kappa shape index (κ1) is 28.8. The molecule has 5 heteroatoms. The molecule has 0 spiro atoms. The molecular formula is C30H34O5. The fourth-order valence-corrected chi connectivity index (χ4v) is 2.49. The van der Waals surface area contributed by atoms with Gasteiger partial charge >= 0.3 is 5.97 Å². The van der Waals surface area contributed by atoms with Gasteiger partial charge in [0.25, 0.3) is 0 Å². The highest BCUT2D eigenvalue weighted by Gasteiger charge is 2.00. The molecule has 0 amide bonds. The van der Waals surface area contributed by atoms with Crippen molar-refractivity contribution < 1.29 is 23.7 Å². The summed E-state index contributed by atoms with van der Waals surface area (Å²) in [6, 6.07) is 38.0. The van der Waals surface area contributed by atoms with Gasteiger partial charge in [0, 0.05) is 0 Å². The van der Waals surface area contributed by atoms with Gasteiger partial charge < -0.3 is 18.9 Å².